The average molecular weight is 266 g/mol. The summed E-state index contributed by atoms with van der Waals surface area (Å²) in [6.45, 7) is 3.73. The van der Waals surface area contributed by atoms with Gasteiger partial charge in [-0.25, -0.2) is 0 Å². The molecule has 0 aliphatic carbocycles. The fourth-order valence-electron chi connectivity index (χ4n) is 1.99. The molecule has 0 aliphatic rings. The van der Waals surface area contributed by atoms with Gasteiger partial charge in [-0.05, 0) is 19.9 Å². The molecule has 0 aliphatic heterocycles. The quantitative estimate of drug-likeness (QED) is 0.751. The Balaban J connectivity index is 2.16. The van der Waals surface area contributed by atoms with Gasteiger partial charge in [-0.3, -0.25) is 4.79 Å². The SMILES string of the molecule is C/C=C/c1ccccc1OC(C)C(=O)c1ccccc1. The van der Waals surface area contributed by atoms with Crippen LogP contribution in [-0.2, 0) is 0 Å². The molecule has 2 rings (SSSR count). The number of Topliss-reactive ketones (excluding diaryl/α,β-unsaturated/α-hetero) is 1. The van der Waals surface area contributed by atoms with E-state index < -0.39 is 6.10 Å². The Kier molecular flexibility index (Phi) is 4.72. The Morgan fingerprint density at radius 3 is 2.40 bits per heavy atom. The van der Waals surface area contributed by atoms with Crippen molar-refractivity contribution in [3.05, 3.63) is 71.8 Å². The highest BCUT2D eigenvalue weighted by molar-refractivity contribution is 5.99. The molecule has 20 heavy (non-hydrogen) atoms. The Labute approximate surface area is 119 Å². The predicted octanol–water partition coefficient (Wildman–Crippen LogP) is 4.37. The van der Waals surface area contributed by atoms with Crippen LogP contribution in [0.4, 0.5) is 0 Å². The van der Waals surface area contributed by atoms with Crippen molar-refractivity contribution >= 4 is 11.9 Å². The molecular formula is C18H18O2. The zero-order chi connectivity index (χ0) is 14.4. The van der Waals surface area contributed by atoms with Crippen LogP contribution in [-0.4, -0.2) is 11.9 Å². The molecule has 0 bridgehead atoms. The average Bonchev–Trinajstić information content (AvgIpc) is 2.49. The van der Waals surface area contributed by atoms with Crippen LogP contribution in [0.1, 0.15) is 29.8 Å². The fourth-order valence-corrected chi connectivity index (χ4v) is 1.99. The molecule has 0 spiro atoms. The molecule has 0 radical (unpaired) electrons. The molecule has 0 saturated heterocycles. The van der Waals surface area contributed by atoms with Crippen molar-refractivity contribution in [2.75, 3.05) is 0 Å². The van der Waals surface area contributed by atoms with E-state index in [1.165, 1.54) is 0 Å². The van der Waals surface area contributed by atoms with E-state index in [4.69, 9.17) is 4.74 Å². The van der Waals surface area contributed by atoms with Gasteiger partial charge < -0.3 is 4.74 Å². The van der Waals surface area contributed by atoms with Crippen LogP contribution in [0.2, 0.25) is 0 Å². The van der Waals surface area contributed by atoms with Crippen LogP contribution < -0.4 is 4.74 Å². The third-order valence-electron chi connectivity index (χ3n) is 3.00. The van der Waals surface area contributed by atoms with Crippen LogP contribution in [0.5, 0.6) is 5.75 Å². The van der Waals surface area contributed by atoms with Crippen molar-refractivity contribution in [1.29, 1.82) is 0 Å². The van der Waals surface area contributed by atoms with Gasteiger partial charge in [0.25, 0.3) is 0 Å². The van der Waals surface area contributed by atoms with Crippen molar-refractivity contribution < 1.29 is 9.53 Å². The Hall–Kier alpha value is -2.35. The lowest BCUT2D eigenvalue weighted by Gasteiger charge is -2.15. The summed E-state index contributed by atoms with van der Waals surface area (Å²) >= 11 is 0. The number of rotatable bonds is 5. The maximum atomic E-state index is 12.3. The van der Waals surface area contributed by atoms with Crippen molar-refractivity contribution in [2.45, 2.75) is 20.0 Å². The number of hydrogen-bond acceptors (Lipinski definition) is 2. The van der Waals surface area contributed by atoms with Crippen molar-refractivity contribution in [1.82, 2.24) is 0 Å². The molecule has 2 heteroatoms. The molecule has 0 heterocycles. The first-order valence-electron chi connectivity index (χ1n) is 6.70. The maximum absolute atomic E-state index is 12.3. The number of ether oxygens (including phenoxy) is 1. The number of carbonyl (C=O) groups is 1. The molecule has 0 fully saturated rings. The number of carbonyl (C=O) groups excluding carboxylic acids is 1. The molecule has 2 nitrogen and oxygen atoms in total. The van der Waals surface area contributed by atoms with E-state index in [9.17, 15) is 4.79 Å². The topological polar surface area (TPSA) is 26.3 Å². The standard InChI is InChI=1S/C18H18O2/c1-3-9-15-10-7-8-13-17(15)20-14(2)18(19)16-11-5-4-6-12-16/h3-14H,1-2H3/b9-3+. The maximum Gasteiger partial charge on any atom is 0.202 e. The molecule has 0 amide bonds. The largest absolute Gasteiger partial charge is 0.482 e. The molecule has 2 aromatic carbocycles. The van der Waals surface area contributed by atoms with Crippen molar-refractivity contribution in [2.24, 2.45) is 0 Å². The minimum absolute atomic E-state index is 0.0131. The minimum atomic E-state index is -0.510. The highest BCUT2D eigenvalue weighted by Gasteiger charge is 2.17. The fraction of sp³-hybridized carbons (Fsp3) is 0.167. The summed E-state index contributed by atoms with van der Waals surface area (Å²) in [5.41, 5.74) is 1.64. The Morgan fingerprint density at radius 2 is 1.70 bits per heavy atom. The molecule has 102 valence electrons. The highest BCUT2D eigenvalue weighted by atomic mass is 16.5. The van der Waals surface area contributed by atoms with Crippen LogP contribution >= 0.6 is 0 Å². The van der Waals surface area contributed by atoms with Gasteiger partial charge in [-0.1, -0.05) is 60.7 Å². The molecular weight excluding hydrogens is 248 g/mol. The number of para-hydroxylation sites is 1. The van der Waals surface area contributed by atoms with E-state index in [0.29, 0.717) is 5.56 Å². The normalized spacial score (nSPS) is 12.3. The van der Waals surface area contributed by atoms with E-state index in [2.05, 4.69) is 0 Å². The van der Waals surface area contributed by atoms with E-state index >= 15 is 0 Å². The van der Waals surface area contributed by atoms with Gasteiger partial charge >= 0.3 is 0 Å². The predicted molar refractivity (Wildman–Crippen MR) is 82.0 cm³/mol. The molecule has 0 aromatic heterocycles. The van der Waals surface area contributed by atoms with Gasteiger partial charge in [-0.2, -0.15) is 0 Å². The van der Waals surface area contributed by atoms with Gasteiger partial charge in [0.1, 0.15) is 5.75 Å². The first-order valence-corrected chi connectivity index (χ1v) is 6.70. The monoisotopic (exact) mass is 266 g/mol. The molecule has 0 saturated carbocycles. The molecule has 1 atom stereocenters. The second-order valence-corrected chi connectivity index (χ2v) is 4.53. The molecule has 0 N–H and O–H groups in total. The highest BCUT2D eigenvalue weighted by Crippen LogP contribution is 2.21. The summed E-state index contributed by atoms with van der Waals surface area (Å²) in [7, 11) is 0. The summed E-state index contributed by atoms with van der Waals surface area (Å²) in [6.07, 6.45) is 3.41. The number of allylic oxidation sites excluding steroid dienone is 1. The van der Waals surface area contributed by atoms with Crippen molar-refractivity contribution in [3.8, 4) is 5.75 Å². The van der Waals surface area contributed by atoms with E-state index in [1.54, 1.807) is 19.1 Å². The van der Waals surface area contributed by atoms with Gasteiger partial charge in [0.15, 0.2) is 6.10 Å². The Morgan fingerprint density at radius 1 is 1.05 bits per heavy atom. The Bertz CT molecular complexity index is 600. The third kappa shape index (κ3) is 3.35. The molecule has 1 unspecified atom stereocenters. The van der Waals surface area contributed by atoms with Crippen LogP contribution in [0.3, 0.4) is 0 Å². The number of benzene rings is 2. The van der Waals surface area contributed by atoms with E-state index in [-0.39, 0.29) is 5.78 Å². The lowest BCUT2D eigenvalue weighted by molar-refractivity contribution is 0.0818. The number of hydrogen-bond donors (Lipinski definition) is 0. The first kappa shape index (κ1) is 14.1. The second kappa shape index (κ2) is 6.71. The van der Waals surface area contributed by atoms with Gasteiger partial charge in [0.2, 0.25) is 5.78 Å². The number of ketones is 1. The second-order valence-electron chi connectivity index (χ2n) is 4.53. The van der Waals surface area contributed by atoms with Gasteiger partial charge in [-0.15, -0.1) is 0 Å². The zero-order valence-electron chi connectivity index (χ0n) is 11.7. The summed E-state index contributed by atoms with van der Waals surface area (Å²) in [4.78, 5) is 12.3. The smallest absolute Gasteiger partial charge is 0.202 e. The van der Waals surface area contributed by atoms with Crippen molar-refractivity contribution in [3.63, 3.8) is 0 Å². The van der Waals surface area contributed by atoms with E-state index in [0.717, 1.165) is 11.3 Å². The summed E-state index contributed by atoms with van der Waals surface area (Å²) < 4.78 is 5.81. The van der Waals surface area contributed by atoms with Gasteiger partial charge in [0, 0.05) is 11.1 Å². The first-order chi connectivity index (χ1) is 9.72. The lowest BCUT2D eigenvalue weighted by atomic mass is 10.1. The molecule has 2 aromatic rings. The summed E-state index contributed by atoms with van der Waals surface area (Å²) in [6, 6.07) is 16.9. The minimum Gasteiger partial charge on any atom is -0.482 e. The van der Waals surface area contributed by atoms with Gasteiger partial charge in [0.05, 0.1) is 0 Å². The van der Waals surface area contributed by atoms with Crippen LogP contribution in [0, 0.1) is 0 Å². The zero-order valence-corrected chi connectivity index (χ0v) is 11.7. The lowest BCUT2D eigenvalue weighted by Crippen LogP contribution is -2.24. The summed E-state index contributed by atoms with van der Waals surface area (Å²) in [5.74, 6) is 0.711. The van der Waals surface area contributed by atoms with Crippen LogP contribution in [0.25, 0.3) is 6.08 Å². The van der Waals surface area contributed by atoms with E-state index in [1.807, 2.05) is 61.5 Å². The third-order valence-corrected chi connectivity index (χ3v) is 3.00. The summed E-state index contributed by atoms with van der Waals surface area (Å²) in [5, 5.41) is 0. The van der Waals surface area contributed by atoms with Crippen LogP contribution in [0.15, 0.2) is 60.7 Å².